The van der Waals surface area contributed by atoms with E-state index in [4.69, 9.17) is 0 Å². The molecule has 0 fully saturated rings. The van der Waals surface area contributed by atoms with Gasteiger partial charge in [0.25, 0.3) is 0 Å². The smallest absolute Gasteiger partial charge is 0.181 e. The Balaban J connectivity index is 2.44. The van der Waals surface area contributed by atoms with Gasteiger partial charge in [-0.15, -0.1) is 0 Å². The Morgan fingerprint density at radius 3 is 2.40 bits per heavy atom. The van der Waals surface area contributed by atoms with Crippen molar-refractivity contribution in [2.75, 3.05) is 0 Å². The normalized spacial score (nSPS) is 10.6. The van der Waals surface area contributed by atoms with E-state index in [2.05, 4.69) is 15.2 Å². The van der Waals surface area contributed by atoms with Crippen LogP contribution in [-0.2, 0) is 6.42 Å². The van der Waals surface area contributed by atoms with Crippen molar-refractivity contribution in [3.63, 3.8) is 0 Å². The van der Waals surface area contributed by atoms with E-state index in [1.54, 1.807) is 0 Å². The second-order valence-corrected chi connectivity index (χ2v) is 3.12. The zero-order chi connectivity index (χ0) is 10.8. The number of aromatic nitrogens is 3. The number of H-pyrrole nitrogens is 1. The maximum atomic E-state index is 12.9. The van der Waals surface area contributed by atoms with Gasteiger partial charge < -0.3 is 0 Å². The maximum absolute atomic E-state index is 12.9. The highest BCUT2D eigenvalue weighted by Gasteiger charge is 2.07. The fourth-order valence-corrected chi connectivity index (χ4v) is 1.27. The third-order valence-electron chi connectivity index (χ3n) is 1.99. The van der Waals surface area contributed by atoms with Crippen LogP contribution in [0.4, 0.5) is 8.78 Å². The first-order valence-corrected chi connectivity index (χ1v) is 4.57. The minimum Gasteiger partial charge on any atom is -0.263 e. The Kier molecular flexibility index (Phi) is 2.45. The molecule has 0 bridgehead atoms. The highest BCUT2D eigenvalue weighted by Crippen LogP contribution is 2.17. The number of rotatable bonds is 2. The molecule has 1 N–H and O–H groups in total. The predicted molar refractivity (Wildman–Crippen MR) is 51.1 cm³/mol. The Morgan fingerprint density at radius 2 is 1.87 bits per heavy atom. The van der Waals surface area contributed by atoms with Crippen LogP contribution in [0.3, 0.4) is 0 Å². The van der Waals surface area contributed by atoms with Gasteiger partial charge in [0.05, 0.1) is 0 Å². The van der Waals surface area contributed by atoms with Crippen LogP contribution in [-0.4, -0.2) is 15.2 Å². The first-order valence-electron chi connectivity index (χ1n) is 4.57. The van der Waals surface area contributed by atoms with Crippen LogP contribution in [0.2, 0.25) is 0 Å². The van der Waals surface area contributed by atoms with Gasteiger partial charge in [-0.2, -0.15) is 5.10 Å². The Morgan fingerprint density at radius 1 is 1.20 bits per heavy atom. The van der Waals surface area contributed by atoms with Crippen molar-refractivity contribution in [2.24, 2.45) is 0 Å². The fourth-order valence-electron chi connectivity index (χ4n) is 1.27. The molecule has 0 aliphatic carbocycles. The summed E-state index contributed by atoms with van der Waals surface area (Å²) >= 11 is 0. The summed E-state index contributed by atoms with van der Waals surface area (Å²) in [5.74, 6) is -0.263. The topological polar surface area (TPSA) is 41.6 Å². The van der Waals surface area contributed by atoms with E-state index < -0.39 is 11.6 Å². The molecule has 0 atom stereocenters. The first kappa shape index (κ1) is 9.76. The molecule has 78 valence electrons. The summed E-state index contributed by atoms with van der Waals surface area (Å²) in [7, 11) is 0. The number of benzene rings is 1. The van der Waals surface area contributed by atoms with Crippen molar-refractivity contribution < 1.29 is 8.78 Å². The van der Waals surface area contributed by atoms with Gasteiger partial charge in [-0.05, 0) is 12.1 Å². The van der Waals surface area contributed by atoms with Crippen molar-refractivity contribution in [3.05, 3.63) is 35.7 Å². The summed E-state index contributed by atoms with van der Waals surface area (Å²) in [6, 6.07) is 3.22. The lowest BCUT2D eigenvalue weighted by molar-refractivity contribution is 0.584. The largest absolute Gasteiger partial charge is 0.263 e. The number of halogens is 2. The van der Waals surface area contributed by atoms with Crippen LogP contribution >= 0.6 is 0 Å². The second kappa shape index (κ2) is 3.76. The molecule has 0 spiro atoms. The molecule has 0 aliphatic heterocycles. The third-order valence-corrected chi connectivity index (χ3v) is 1.99. The zero-order valence-corrected chi connectivity index (χ0v) is 8.09. The molecule has 5 heteroatoms. The molecule has 1 aromatic carbocycles. The van der Waals surface area contributed by atoms with Crippen LogP contribution in [0.5, 0.6) is 0 Å². The van der Waals surface area contributed by atoms with Crippen LogP contribution in [0.1, 0.15) is 12.7 Å². The molecule has 0 saturated carbocycles. The van der Waals surface area contributed by atoms with Crippen LogP contribution in [0.15, 0.2) is 18.2 Å². The SMILES string of the molecule is CCc1nc(-c2cc(F)cc(F)c2)n[nH]1. The van der Waals surface area contributed by atoms with Gasteiger partial charge in [-0.25, -0.2) is 13.8 Å². The highest BCUT2D eigenvalue weighted by atomic mass is 19.1. The molecule has 3 nitrogen and oxygen atoms in total. The van der Waals surface area contributed by atoms with E-state index in [1.807, 2.05) is 6.92 Å². The summed E-state index contributed by atoms with van der Waals surface area (Å²) in [5.41, 5.74) is 0.337. The molecule has 0 saturated heterocycles. The lowest BCUT2D eigenvalue weighted by atomic mass is 10.2. The molecule has 1 aromatic heterocycles. The molecule has 2 rings (SSSR count). The summed E-state index contributed by atoms with van der Waals surface area (Å²) < 4.78 is 25.8. The first-order chi connectivity index (χ1) is 7.19. The lowest BCUT2D eigenvalue weighted by Gasteiger charge is -1.95. The summed E-state index contributed by atoms with van der Waals surface area (Å²) in [4.78, 5) is 4.08. The molecule has 2 aromatic rings. The molecule has 0 unspecified atom stereocenters. The number of hydrogen-bond donors (Lipinski definition) is 1. The predicted octanol–water partition coefficient (Wildman–Crippen LogP) is 2.31. The molecule has 0 aliphatic rings. The van der Waals surface area contributed by atoms with Gasteiger partial charge >= 0.3 is 0 Å². The molecular weight excluding hydrogens is 200 g/mol. The summed E-state index contributed by atoms with van der Waals surface area (Å²) in [6.45, 7) is 1.91. The van der Waals surface area contributed by atoms with Gasteiger partial charge in [-0.1, -0.05) is 6.92 Å². The van der Waals surface area contributed by atoms with Crippen LogP contribution in [0, 0.1) is 11.6 Å². The maximum Gasteiger partial charge on any atom is 0.181 e. The molecule has 15 heavy (non-hydrogen) atoms. The summed E-state index contributed by atoms with van der Waals surface area (Å²) in [6.07, 6.45) is 0.699. The standard InChI is InChI=1S/C10H9F2N3/c1-2-9-13-10(15-14-9)6-3-7(11)5-8(12)4-6/h3-5H,2H2,1H3,(H,13,14,15). The van der Waals surface area contributed by atoms with Gasteiger partial charge in [0.2, 0.25) is 0 Å². The van der Waals surface area contributed by atoms with Crippen molar-refractivity contribution >= 4 is 0 Å². The van der Waals surface area contributed by atoms with Gasteiger partial charge in [0, 0.05) is 18.1 Å². The monoisotopic (exact) mass is 209 g/mol. The van der Waals surface area contributed by atoms with Crippen LogP contribution in [0.25, 0.3) is 11.4 Å². The van der Waals surface area contributed by atoms with Crippen molar-refractivity contribution in [1.82, 2.24) is 15.2 Å². The number of aryl methyl sites for hydroxylation is 1. The van der Waals surface area contributed by atoms with Crippen LogP contribution < -0.4 is 0 Å². The quantitative estimate of drug-likeness (QED) is 0.824. The van der Waals surface area contributed by atoms with Crippen molar-refractivity contribution in [3.8, 4) is 11.4 Å². The molecule has 1 heterocycles. The molecule has 0 amide bonds. The highest BCUT2D eigenvalue weighted by molar-refractivity contribution is 5.54. The Bertz CT molecular complexity index is 459. The van der Waals surface area contributed by atoms with E-state index in [0.717, 1.165) is 6.07 Å². The Hall–Kier alpha value is -1.78. The van der Waals surface area contributed by atoms with E-state index in [-0.39, 0.29) is 0 Å². The number of nitrogens with zero attached hydrogens (tertiary/aromatic N) is 2. The van der Waals surface area contributed by atoms with E-state index in [1.165, 1.54) is 12.1 Å². The lowest BCUT2D eigenvalue weighted by Crippen LogP contribution is -1.86. The van der Waals surface area contributed by atoms with Gasteiger partial charge in [-0.3, -0.25) is 5.10 Å². The summed E-state index contributed by atoms with van der Waals surface area (Å²) in [5, 5.41) is 6.56. The number of aromatic amines is 1. The van der Waals surface area contributed by atoms with Crippen molar-refractivity contribution in [1.29, 1.82) is 0 Å². The third kappa shape index (κ3) is 2.01. The van der Waals surface area contributed by atoms with E-state index in [0.29, 0.717) is 23.6 Å². The molecule has 0 radical (unpaired) electrons. The van der Waals surface area contributed by atoms with Crippen molar-refractivity contribution in [2.45, 2.75) is 13.3 Å². The number of nitrogens with one attached hydrogen (secondary N) is 1. The minimum absolute atomic E-state index is 0.310. The Labute approximate surface area is 85.2 Å². The average Bonchev–Trinajstić information content (AvgIpc) is 2.64. The fraction of sp³-hybridized carbons (Fsp3) is 0.200. The van der Waals surface area contributed by atoms with Gasteiger partial charge in [0.1, 0.15) is 17.5 Å². The van der Waals surface area contributed by atoms with E-state index >= 15 is 0 Å². The second-order valence-electron chi connectivity index (χ2n) is 3.12. The average molecular weight is 209 g/mol. The zero-order valence-electron chi connectivity index (χ0n) is 8.09. The number of hydrogen-bond acceptors (Lipinski definition) is 2. The molecular formula is C10H9F2N3. The van der Waals surface area contributed by atoms with E-state index in [9.17, 15) is 8.78 Å². The minimum atomic E-state index is -0.632. The van der Waals surface area contributed by atoms with Gasteiger partial charge in [0.15, 0.2) is 5.82 Å².